The zero-order valence-electron chi connectivity index (χ0n) is 14.7. The Bertz CT molecular complexity index is 1050. The van der Waals surface area contributed by atoms with Crippen molar-refractivity contribution in [3.8, 4) is 0 Å². The number of carbonyl (C=O) groups is 1. The Morgan fingerprint density at radius 1 is 1.08 bits per heavy atom. The normalized spacial score (nSPS) is 13.0. The second-order valence-electron chi connectivity index (χ2n) is 6.83. The molecule has 1 heterocycles. The van der Waals surface area contributed by atoms with E-state index in [1.54, 1.807) is 0 Å². The molecule has 1 aromatic heterocycles. The van der Waals surface area contributed by atoms with Crippen LogP contribution in [0.3, 0.4) is 0 Å². The molecule has 4 heteroatoms. The van der Waals surface area contributed by atoms with Gasteiger partial charge in [0.1, 0.15) is 12.2 Å². The van der Waals surface area contributed by atoms with Crippen molar-refractivity contribution >= 4 is 16.9 Å². The SMILES string of the molecule is Cc1ccccc1CC(=O)OCc1cc(=O)oc2cc3c(cc12)CCC3. The second-order valence-corrected chi connectivity index (χ2v) is 6.83. The van der Waals surface area contributed by atoms with Gasteiger partial charge >= 0.3 is 11.6 Å². The average Bonchev–Trinajstić information content (AvgIpc) is 3.07. The summed E-state index contributed by atoms with van der Waals surface area (Å²) < 4.78 is 10.8. The number of fused-ring (bicyclic) bond motifs is 2. The zero-order valence-corrected chi connectivity index (χ0v) is 14.7. The van der Waals surface area contributed by atoms with Gasteiger partial charge in [0.05, 0.1) is 6.42 Å². The first-order valence-corrected chi connectivity index (χ1v) is 8.89. The summed E-state index contributed by atoms with van der Waals surface area (Å²) >= 11 is 0. The van der Waals surface area contributed by atoms with Gasteiger partial charge in [0.15, 0.2) is 0 Å². The van der Waals surface area contributed by atoms with Gasteiger partial charge in [0.2, 0.25) is 0 Å². The fraction of sp³-hybridized carbons (Fsp3) is 0.273. The van der Waals surface area contributed by atoms with Crippen LogP contribution >= 0.6 is 0 Å². The van der Waals surface area contributed by atoms with E-state index in [-0.39, 0.29) is 19.0 Å². The van der Waals surface area contributed by atoms with Crippen molar-refractivity contribution < 1.29 is 13.9 Å². The van der Waals surface area contributed by atoms with Crippen LogP contribution in [-0.2, 0) is 35.4 Å². The third kappa shape index (κ3) is 3.27. The Kier molecular flexibility index (Phi) is 4.33. The number of rotatable bonds is 4. The van der Waals surface area contributed by atoms with Gasteiger partial charge in [-0.15, -0.1) is 0 Å². The molecule has 2 aromatic carbocycles. The molecular formula is C22H20O4. The summed E-state index contributed by atoms with van der Waals surface area (Å²) in [4.78, 5) is 24.1. The molecule has 0 amide bonds. The van der Waals surface area contributed by atoms with Crippen LogP contribution in [0.25, 0.3) is 11.0 Å². The fourth-order valence-electron chi connectivity index (χ4n) is 3.59. The van der Waals surface area contributed by atoms with Gasteiger partial charge in [0.25, 0.3) is 0 Å². The number of carbonyl (C=O) groups excluding carboxylic acids is 1. The minimum Gasteiger partial charge on any atom is -0.461 e. The van der Waals surface area contributed by atoms with Crippen LogP contribution in [0, 0.1) is 6.92 Å². The quantitative estimate of drug-likeness (QED) is 0.530. The number of ether oxygens (including phenoxy) is 1. The summed E-state index contributed by atoms with van der Waals surface area (Å²) in [6.45, 7) is 2.05. The zero-order chi connectivity index (χ0) is 18.1. The molecule has 0 bridgehead atoms. The summed E-state index contributed by atoms with van der Waals surface area (Å²) in [6.07, 6.45) is 3.40. The number of hydrogen-bond donors (Lipinski definition) is 0. The lowest BCUT2D eigenvalue weighted by Gasteiger charge is -2.10. The molecule has 0 spiro atoms. The van der Waals surface area contributed by atoms with Crippen molar-refractivity contribution in [2.75, 3.05) is 0 Å². The Hall–Kier alpha value is -2.88. The topological polar surface area (TPSA) is 56.5 Å². The molecule has 3 aromatic rings. The summed E-state index contributed by atoms with van der Waals surface area (Å²) in [5.41, 5.74) is 5.40. The predicted octanol–water partition coefficient (Wildman–Crippen LogP) is 3.88. The van der Waals surface area contributed by atoms with Crippen LogP contribution in [0.2, 0.25) is 0 Å². The maximum Gasteiger partial charge on any atom is 0.336 e. The molecule has 0 saturated carbocycles. The van der Waals surface area contributed by atoms with Crippen molar-refractivity contribution in [3.05, 3.63) is 80.7 Å². The van der Waals surface area contributed by atoms with E-state index >= 15 is 0 Å². The number of hydrogen-bond acceptors (Lipinski definition) is 4. The minimum absolute atomic E-state index is 0.0750. The van der Waals surface area contributed by atoms with Crippen LogP contribution in [0.1, 0.15) is 34.2 Å². The summed E-state index contributed by atoms with van der Waals surface area (Å²) in [7, 11) is 0. The van der Waals surface area contributed by atoms with Crippen LogP contribution < -0.4 is 5.63 Å². The fourth-order valence-corrected chi connectivity index (χ4v) is 3.59. The summed E-state index contributed by atoms with van der Waals surface area (Å²) in [6, 6.07) is 13.2. The first-order chi connectivity index (χ1) is 12.6. The highest BCUT2D eigenvalue weighted by Crippen LogP contribution is 2.28. The third-order valence-corrected chi connectivity index (χ3v) is 5.03. The molecule has 132 valence electrons. The Morgan fingerprint density at radius 3 is 2.65 bits per heavy atom. The van der Waals surface area contributed by atoms with E-state index in [0.717, 1.165) is 35.8 Å². The van der Waals surface area contributed by atoms with Crippen LogP contribution in [0.4, 0.5) is 0 Å². The molecule has 1 aliphatic rings. The Balaban J connectivity index is 1.56. The van der Waals surface area contributed by atoms with E-state index in [1.165, 1.54) is 17.2 Å². The summed E-state index contributed by atoms with van der Waals surface area (Å²) in [5.74, 6) is -0.304. The standard InChI is InChI=1S/C22H20O4/c1-14-5-2-3-6-15(14)11-21(23)25-13-18-12-22(24)26-20-10-17-8-4-7-16(17)9-19(18)20/h2-3,5-6,9-10,12H,4,7-8,11,13H2,1H3. The van der Waals surface area contributed by atoms with Crippen LogP contribution in [0.15, 0.2) is 51.7 Å². The smallest absolute Gasteiger partial charge is 0.336 e. The molecule has 4 rings (SSSR count). The van der Waals surface area contributed by atoms with Crippen molar-refractivity contribution in [1.29, 1.82) is 0 Å². The highest BCUT2D eigenvalue weighted by atomic mass is 16.5. The molecule has 0 fully saturated rings. The monoisotopic (exact) mass is 348 g/mol. The van der Waals surface area contributed by atoms with Crippen LogP contribution in [-0.4, -0.2) is 5.97 Å². The van der Waals surface area contributed by atoms with E-state index < -0.39 is 5.63 Å². The van der Waals surface area contributed by atoms with Crippen LogP contribution in [0.5, 0.6) is 0 Å². The van der Waals surface area contributed by atoms with Crippen molar-refractivity contribution in [1.82, 2.24) is 0 Å². The highest BCUT2D eigenvalue weighted by molar-refractivity contribution is 5.82. The van der Waals surface area contributed by atoms with Crippen molar-refractivity contribution in [3.63, 3.8) is 0 Å². The second kappa shape index (κ2) is 6.79. The van der Waals surface area contributed by atoms with Gasteiger partial charge in [0, 0.05) is 17.0 Å². The minimum atomic E-state index is -0.416. The number of esters is 1. The largest absolute Gasteiger partial charge is 0.461 e. The van der Waals surface area contributed by atoms with Gasteiger partial charge in [-0.05, 0) is 60.6 Å². The lowest BCUT2D eigenvalue weighted by Crippen LogP contribution is -2.10. The van der Waals surface area contributed by atoms with Gasteiger partial charge < -0.3 is 9.15 Å². The molecule has 1 aliphatic carbocycles. The molecule has 0 saturated heterocycles. The molecular weight excluding hydrogens is 328 g/mol. The third-order valence-electron chi connectivity index (χ3n) is 5.03. The lowest BCUT2D eigenvalue weighted by atomic mass is 10.0. The molecule has 0 radical (unpaired) electrons. The van der Waals surface area contributed by atoms with Crippen molar-refractivity contribution in [2.45, 2.75) is 39.2 Å². The van der Waals surface area contributed by atoms with E-state index in [1.807, 2.05) is 37.3 Å². The van der Waals surface area contributed by atoms with E-state index in [0.29, 0.717) is 11.1 Å². The predicted molar refractivity (Wildman–Crippen MR) is 99.2 cm³/mol. The van der Waals surface area contributed by atoms with Gasteiger partial charge in [-0.2, -0.15) is 0 Å². The Morgan fingerprint density at radius 2 is 1.85 bits per heavy atom. The molecule has 0 unspecified atom stereocenters. The van der Waals surface area contributed by atoms with Crippen molar-refractivity contribution in [2.24, 2.45) is 0 Å². The molecule has 0 N–H and O–H groups in total. The van der Waals surface area contributed by atoms with E-state index in [9.17, 15) is 9.59 Å². The summed E-state index contributed by atoms with van der Waals surface area (Å²) in [5, 5.41) is 0.856. The number of aryl methyl sites for hydroxylation is 3. The highest BCUT2D eigenvalue weighted by Gasteiger charge is 2.16. The van der Waals surface area contributed by atoms with Gasteiger partial charge in [-0.25, -0.2) is 4.79 Å². The molecule has 0 aliphatic heterocycles. The Labute approximate surface area is 151 Å². The molecule has 4 nitrogen and oxygen atoms in total. The first-order valence-electron chi connectivity index (χ1n) is 8.89. The lowest BCUT2D eigenvalue weighted by molar-refractivity contribution is -0.144. The van der Waals surface area contributed by atoms with E-state index in [2.05, 4.69) is 6.07 Å². The maximum atomic E-state index is 12.2. The first kappa shape index (κ1) is 16.6. The van der Waals surface area contributed by atoms with E-state index in [4.69, 9.17) is 9.15 Å². The van der Waals surface area contributed by atoms with Gasteiger partial charge in [-0.3, -0.25) is 4.79 Å². The van der Waals surface area contributed by atoms with Gasteiger partial charge in [-0.1, -0.05) is 24.3 Å². The maximum absolute atomic E-state index is 12.2. The molecule has 26 heavy (non-hydrogen) atoms. The number of benzene rings is 2. The average molecular weight is 348 g/mol. The molecule has 0 atom stereocenters.